The monoisotopic (exact) mass is 457 g/mol. The number of hydrogen-bond acceptors (Lipinski definition) is 5. The first-order valence-corrected chi connectivity index (χ1v) is 10.5. The molecule has 1 fully saturated rings. The average Bonchev–Trinajstić information content (AvgIpc) is 3.28. The maximum Gasteiger partial charge on any atom is 0.300 e. The number of aliphatic hydroxyl groups excluding tert-OH is 1. The number of ketones is 1. The Labute approximate surface area is 187 Å². The molecule has 0 spiro atoms. The van der Waals surface area contributed by atoms with Crippen molar-refractivity contribution in [2.45, 2.75) is 13.0 Å². The number of thiophene rings is 1. The second-order valence-corrected chi connectivity index (χ2v) is 8.32. The zero-order chi connectivity index (χ0) is 22.3. The molecule has 0 bridgehead atoms. The van der Waals surface area contributed by atoms with Gasteiger partial charge in [0.15, 0.2) is 0 Å². The molecular weight excluding hydrogens is 441 g/mol. The number of carbonyl (C=O) groups is 2. The van der Waals surface area contributed by atoms with Gasteiger partial charge < -0.3 is 9.84 Å². The molecule has 1 unspecified atom stereocenters. The Hall–Kier alpha value is -3.16. The van der Waals surface area contributed by atoms with E-state index in [9.17, 15) is 19.1 Å². The number of anilines is 1. The highest BCUT2D eigenvalue weighted by Crippen LogP contribution is 2.45. The number of methoxy groups -OCH3 is 1. The normalized spacial score (nSPS) is 17.9. The predicted molar refractivity (Wildman–Crippen MR) is 118 cm³/mol. The van der Waals surface area contributed by atoms with Crippen molar-refractivity contribution < 1.29 is 23.8 Å². The van der Waals surface area contributed by atoms with Gasteiger partial charge in [0.25, 0.3) is 11.7 Å². The summed E-state index contributed by atoms with van der Waals surface area (Å²) in [5.74, 6) is -2.28. The number of benzene rings is 2. The molecule has 1 aliphatic heterocycles. The van der Waals surface area contributed by atoms with E-state index < -0.39 is 23.5 Å². The molecule has 1 aliphatic rings. The maximum atomic E-state index is 13.9. The third-order valence-electron chi connectivity index (χ3n) is 5.11. The smallest absolute Gasteiger partial charge is 0.300 e. The van der Waals surface area contributed by atoms with Gasteiger partial charge in [-0.25, -0.2) is 4.39 Å². The average molecular weight is 458 g/mol. The van der Waals surface area contributed by atoms with Gasteiger partial charge >= 0.3 is 0 Å². The van der Waals surface area contributed by atoms with Crippen LogP contribution in [0.15, 0.2) is 59.5 Å². The minimum Gasteiger partial charge on any atom is -0.507 e. The van der Waals surface area contributed by atoms with Crippen LogP contribution in [0.5, 0.6) is 5.75 Å². The zero-order valence-corrected chi connectivity index (χ0v) is 18.1. The van der Waals surface area contributed by atoms with Crippen LogP contribution < -0.4 is 9.64 Å². The second kappa shape index (κ2) is 8.17. The molecule has 1 atom stereocenters. The van der Waals surface area contributed by atoms with E-state index in [1.54, 1.807) is 6.07 Å². The highest BCUT2D eigenvalue weighted by molar-refractivity contribution is 7.10. The SMILES string of the molecule is COc1cc(/C(O)=C2/C(=O)C(=O)N(c3cccc(F)c3)C2c2sccc2C)ccc1Cl. The molecular formula is C23H17ClFNO4S. The van der Waals surface area contributed by atoms with Crippen molar-refractivity contribution in [2.24, 2.45) is 0 Å². The van der Waals surface area contributed by atoms with Crippen LogP contribution in [0.1, 0.15) is 22.0 Å². The summed E-state index contributed by atoms with van der Waals surface area (Å²) in [6.07, 6.45) is 0. The summed E-state index contributed by atoms with van der Waals surface area (Å²) in [5.41, 5.74) is 1.27. The van der Waals surface area contributed by atoms with Crippen molar-refractivity contribution in [3.05, 3.63) is 86.3 Å². The Kier molecular flexibility index (Phi) is 5.56. The molecule has 2 heterocycles. The van der Waals surface area contributed by atoms with Crippen LogP contribution in [0, 0.1) is 12.7 Å². The summed E-state index contributed by atoms with van der Waals surface area (Å²) in [7, 11) is 1.43. The van der Waals surface area contributed by atoms with Gasteiger partial charge in [-0.15, -0.1) is 11.3 Å². The third-order valence-corrected chi connectivity index (χ3v) is 6.49. The molecule has 158 valence electrons. The number of amides is 1. The Balaban J connectivity index is 1.96. The molecule has 0 saturated carbocycles. The van der Waals surface area contributed by atoms with E-state index >= 15 is 0 Å². The number of hydrogen-bond donors (Lipinski definition) is 1. The Morgan fingerprint density at radius 1 is 1.19 bits per heavy atom. The fraction of sp³-hybridized carbons (Fsp3) is 0.130. The van der Waals surface area contributed by atoms with E-state index in [2.05, 4.69) is 0 Å². The van der Waals surface area contributed by atoms with Crippen molar-refractivity contribution in [2.75, 3.05) is 12.0 Å². The van der Waals surface area contributed by atoms with Crippen LogP contribution in [-0.2, 0) is 9.59 Å². The molecule has 3 aromatic rings. The maximum absolute atomic E-state index is 13.9. The number of carbonyl (C=O) groups excluding carboxylic acids is 2. The molecule has 1 saturated heterocycles. The van der Waals surface area contributed by atoms with Gasteiger partial charge in [0.2, 0.25) is 0 Å². The lowest BCUT2D eigenvalue weighted by molar-refractivity contribution is -0.132. The van der Waals surface area contributed by atoms with Crippen molar-refractivity contribution in [3.8, 4) is 5.75 Å². The van der Waals surface area contributed by atoms with Gasteiger partial charge in [0, 0.05) is 16.1 Å². The van der Waals surface area contributed by atoms with E-state index in [4.69, 9.17) is 16.3 Å². The van der Waals surface area contributed by atoms with Gasteiger partial charge in [-0.05, 0) is 60.3 Å². The van der Waals surface area contributed by atoms with E-state index in [-0.39, 0.29) is 22.6 Å². The molecule has 4 rings (SSSR count). The Morgan fingerprint density at radius 2 is 1.97 bits per heavy atom. The number of aliphatic hydroxyl groups is 1. The van der Waals surface area contributed by atoms with E-state index in [0.717, 1.165) is 5.56 Å². The number of nitrogens with zero attached hydrogens (tertiary/aromatic N) is 1. The molecule has 31 heavy (non-hydrogen) atoms. The first-order chi connectivity index (χ1) is 14.8. The van der Waals surface area contributed by atoms with Gasteiger partial charge in [0.05, 0.1) is 17.7 Å². The van der Waals surface area contributed by atoms with Gasteiger partial charge in [-0.2, -0.15) is 0 Å². The number of halogens is 2. The van der Waals surface area contributed by atoms with Crippen molar-refractivity contribution in [1.82, 2.24) is 0 Å². The second-order valence-electron chi connectivity index (χ2n) is 6.97. The van der Waals surface area contributed by atoms with Crippen LogP contribution in [-0.4, -0.2) is 23.9 Å². The Bertz CT molecular complexity index is 1240. The number of rotatable bonds is 4. The highest BCUT2D eigenvalue weighted by Gasteiger charge is 2.48. The molecule has 8 heteroatoms. The minimum atomic E-state index is -0.900. The molecule has 1 amide bonds. The van der Waals surface area contributed by atoms with E-state index in [0.29, 0.717) is 15.6 Å². The first-order valence-electron chi connectivity index (χ1n) is 9.28. The molecule has 0 aliphatic carbocycles. The molecule has 1 aromatic heterocycles. The first kappa shape index (κ1) is 21.1. The van der Waals surface area contributed by atoms with Crippen LogP contribution >= 0.6 is 22.9 Å². The number of aryl methyl sites for hydroxylation is 1. The summed E-state index contributed by atoms with van der Waals surface area (Å²) in [6.45, 7) is 1.85. The highest BCUT2D eigenvalue weighted by atomic mass is 35.5. The summed E-state index contributed by atoms with van der Waals surface area (Å²) in [5, 5.41) is 13.3. The van der Waals surface area contributed by atoms with Gasteiger partial charge in [-0.1, -0.05) is 17.7 Å². The van der Waals surface area contributed by atoms with E-state index in [1.165, 1.54) is 59.7 Å². The largest absolute Gasteiger partial charge is 0.507 e. The van der Waals surface area contributed by atoms with E-state index in [1.807, 2.05) is 18.4 Å². The fourth-order valence-electron chi connectivity index (χ4n) is 3.60. The quantitative estimate of drug-likeness (QED) is 0.320. The topological polar surface area (TPSA) is 66.8 Å². The minimum absolute atomic E-state index is 0.0795. The van der Waals surface area contributed by atoms with Crippen LogP contribution in [0.3, 0.4) is 0 Å². The van der Waals surface area contributed by atoms with Crippen LogP contribution in [0.25, 0.3) is 5.76 Å². The predicted octanol–water partition coefficient (Wildman–Crippen LogP) is 5.48. The van der Waals surface area contributed by atoms with Crippen molar-refractivity contribution >= 4 is 46.1 Å². The summed E-state index contributed by atoms with van der Waals surface area (Å²) in [4.78, 5) is 28.0. The van der Waals surface area contributed by atoms with Crippen molar-refractivity contribution in [1.29, 1.82) is 0 Å². The number of ether oxygens (including phenoxy) is 1. The molecule has 0 radical (unpaired) electrons. The Morgan fingerprint density at radius 3 is 2.61 bits per heavy atom. The lowest BCUT2D eigenvalue weighted by Gasteiger charge is -2.25. The lowest BCUT2D eigenvalue weighted by atomic mass is 9.98. The summed E-state index contributed by atoms with van der Waals surface area (Å²) < 4.78 is 19.1. The summed E-state index contributed by atoms with van der Waals surface area (Å²) in [6, 6.07) is 11.0. The molecule has 2 aromatic carbocycles. The molecule has 1 N–H and O–H groups in total. The number of Topliss-reactive ketones (excluding diaryl/α,β-unsaturated/α-hetero) is 1. The lowest BCUT2D eigenvalue weighted by Crippen LogP contribution is -2.29. The third kappa shape index (κ3) is 3.60. The van der Waals surface area contributed by atoms with Gasteiger partial charge in [-0.3, -0.25) is 14.5 Å². The summed E-state index contributed by atoms with van der Waals surface area (Å²) >= 11 is 7.42. The van der Waals surface area contributed by atoms with Crippen LogP contribution in [0.2, 0.25) is 5.02 Å². The zero-order valence-electron chi connectivity index (χ0n) is 16.6. The van der Waals surface area contributed by atoms with Crippen molar-refractivity contribution in [3.63, 3.8) is 0 Å². The van der Waals surface area contributed by atoms with Gasteiger partial charge in [0.1, 0.15) is 23.4 Å². The fourth-order valence-corrected chi connectivity index (χ4v) is 4.82. The molecule has 5 nitrogen and oxygen atoms in total. The standard InChI is InChI=1S/C23H17ClFNO4S/c1-12-8-9-31-22(12)19-18(20(27)13-6-7-16(24)17(10-13)30-2)21(28)23(29)26(19)15-5-3-4-14(25)11-15/h3-11,19,27H,1-2H3/b20-18-. The van der Waals surface area contributed by atoms with Crippen LogP contribution in [0.4, 0.5) is 10.1 Å².